The molecule has 1 heterocycles. The van der Waals surface area contributed by atoms with Crippen LogP contribution in [0.25, 0.3) is 22.3 Å². The first kappa shape index (κ1) is 20.0. The number of benzene rings is 2. The molecule has 0 saturated carbocycles. The number of hydrogen-bond acceptors (Lipinski definition) is 3. The predicted octanol–water partition coefficient (Wildman–Crippen LogP) is -0.320. The fraction of sp³-hybridized carbons (Fsp3) is 0.286. The second-order valence-electron chi connectivity index (χ2n) is 6.47. The highest BCUT2D eigenvalue weighted by atomic mass is 35.5. The Balaban J connectivity index is 0.00000243. The van der Waals surface area contributed by atoms with Crippen molar-refractivity contribution in [3.8, 4) is 17.1 Å². The summed E-state index contributed by atoms with van der Waals surface area (Å²) in [6.07, 6.45) is 0.628. The first-order valence-electron chi connectivity index (χ1n) is 8.56. The van der Waals surface area contributed by atoms with Crippen molar-refractivity contribution in [2.75, 3.05) is 21.2 Å². The molecule has 138 valence electrons. The van der Waals surface area contributed by atoms with Crippen molar-refractivity contribution in [1.82, 2.24) is 0 Å². The Labute approximate surface area is 159 Å². The summed E-state index contributed by atoms with van der Waals surface area (Å²) in [6, 6.07) is 13.5. The van der Waals surface area contributed by atoms with Crippen LogP contribution in [-0.2, 0) is 13.0 Å². The zero-order valence-electron chi connectivity index (χ0n) is 15.6. The third-order valence-corrected chi connectivity index (χ3v) is 4.35. The Morgan fingerprint density at radius 2 is 1.73 bits per heavy atom. The highest BCUT2D eigenvalue weighted by Crippen LogP contribution is 2.31. The lowest BCUT2D eigenvalue weighted by Crippen LogP contribution is -3.04. The van der Waals surface area contributed by atoms with Gasteiger partial charge >= 0.3 is 0 Å². The average molecular weight is 374 g/mol. The molecule has 3 aromatic rings. The van der Waals surface area contributed by atoms with Crippen LogP contribution >= 0.6 is 0 Å². The molecular formula is C21H24ClNO3. The lowest BCUT2D eigenvalue weighted by molar-refractivity contribution is -0.872. The number of fused-ring (bicyclic) bond motifs is 1. The fourth-order valence-electron chi connectivity index (χ4n) is 3.19. The van der Waals surface area contributed by atoms with Crippen molar-refractivity contribution in [3.05, 3.63) is 63.8 Å². The second kappa shape index (κ2) is 8.39. The van der Waals surface area contributed by atoms with Crippen molar-refractivity contribution >= 4 is 11.0 Å². The highest BCUT2D eigenvalue weighted by Gasteiger charge is 2.20. The molecule has 0 radical (unpaired) electrons. The van der Waals surface area contributed by atoms with Gasteiger partial charge < -0.3 is 26.5 Å². The van der Waals surface area contributed by atoms with E-state index in [9.17, 15) is 4.79 Å². The van der Waals surface area contributed by atoms with E-state index >= 15 is 0 Å². The Kier molecular flexibility index (Phi) is 6.46. The van der Waals surface area contributed by atoms with E-state index in [1.165, 1.54) is 4.90 Å². The number of rotatable bonds is 5. The third-order valence-electron chi connectivity index (χ3n) is 4.35. The van der Waals surface area contributed by atoms with Crippen LogP contribution in [0.4, 0.5) is 0 Å². The van der Waals surface area contributed by atoms with Gasteiger partial charge in [-0.25, -0.2) is 0 Å². The predicted molar refractivity (Wildman–Crippen MR) is 100 cm³/mol. The van der Waals surface area contributed by atoms with Gasteiger partial charge in [-0.1, -0.05) is 37.3 Å². The normalized spacial score (nSPS) is 10.8. The van der Waals surface area contributed by atoms with Crippen molar-refractivity contribution < 1.29 is 26.5 Å². The molecule has 2 aromatic carbocycles. The van der Waals surface area contributed by atoms with Gasteiger partial charge in [-0.3, -0.25) is 4.79 Å². The monoisotopic (exact) mass is 373 g/mol. The van der Waals surface area contributed by atoms with E-state index in [-0.39, 0.29) is 17.8 Å². The molecule has 0 aliphatic heterocycles. The molecule has 1 N–H and O–H groups in total. The molecule has 0 aliphatic rings. The standard InChI is InChI=1S/C21H23NO3.ClH/c1-5-15-19(23)16-11-12-18(24-4)17(13-22(2)3)21(16)25-20(15)14-9-7-6-8-10-14;/h6-12H,5,13H2,1-4H3;1H. The van der Waals surface area contributed by atoms with Gasteiger partial charge in [0.2, 0.25) is 0 Å². The summed E-state index contributed by atoms with van der Waals surface area (Å²) in [6.45, 7) is 2.70. The van der Waals surface area contributed by atoms with E-state index in [2.05, 4.69) is 14.1 Å². The number of quaternary nitrogens is 1. The molecule has 0 saturated heterocycles. The fourth-order valence-corrected chi connectivity index (χ4v) is 3.19. The Hall–Kier alpha value is -2.30. The number of methoxy groups -OCH3 is 1. The van der Waals surface area contributed by atoms with Crippen molar-refractivity contribution in [1.29, 1.82) is 0 Å². The largest absolute Gasteiger partial charge is 1.00 e. The molecule has 0 fully saturated rings. The molecule has 1 aromatic heterocycles. The van der Waals surface area contributed by atoms with E-state index in [1.807, 2.05) is 49.4 Å². The van der Waals surface area contributed by atoms with Gasteiger partial charge in [0.1, 0.15) is 18.1 Å². The van der Waals surface area contributed by atoms with Crippen LogP contribution in [0, 0.1) is 0 Å². The second-order valence-corrected chi connectivity index (χ2v) is 6.47. The molecule has 0 amide bonds. The molecule has 26 heavy (non-hydrogen) atoms. The first-order chi connectivity index (χ1) is 12.1. The topological polar surface area (TPSA) is 43.9 Å². The van der Waals surface area contributed by atoms with Crippen LogP contribution in [0.3, 0.4) is 0 Å². The van der Waals surface area contributed by atoms with Crippen molar-refractivity contribution in [2.45, 2.75) is 19.9 Å². The zero-order valence-corrected chi connectivity index (χ0v) is 16.3. The number of ether oxygens (including phenoxy) is 1. The van der Waals surface area contributed by atoms with E-state index < -0.39 is 0 Å². The summed E-state index contributed by atoms with van der Waals surface area (Å²) >= 11 is 0. The lowest BCUT2D eigenvalue weighted by Gasteiger charge is -2.15. The van der Waals surface area contributed by atoms with Crippen molar-refractivity contribution in [3.63, 3.8) is 0 Å². The maximum absolute atomic E-state index is 13.1. The molecule has 0 spiro atoms. The summed E-state index contributed by atoms with van der Waals surface area (Å²) in [7, 11) is 5.77. The first-order valence-corrected chi connectivity index (χ1v) is 8.56. The summed E-state index contributed by atoms with van der Waals surface area (Å²) in [5, 5.41) is 0.619. The quantitative estimate of drug-likeness (QED) is 0.666. The molecular weight excluding hydrogens is 350 g/mol. The maximum Gasteiger partial charge on any atom is 0.196 e. The molecule has 4 nitrogen and oxygen atoms in total. The third kappa shape index (κ3) is 3.62. The summed E-state index contributed by atoms with van der Waals surface area (Å²) in [4.78, 5) is 14.3. The molecule has 0 atom stereocenters. The number of halogens is 1. The number of hydrogen-bond donors (Lipinski definition) is 1. The summed E-state index contributed by atoms with van der Waals surface area (Å²) in [5.74, 6) is 1.41. The van der Waals surface area contributed by atoms with Gasteiger partial charge in [0.15, 0.2) is 11.0 Å². The van der Waals surface area contributed by atoms with Crippen molar-refractivity contribution in [2.24, 2.45) is 0 Å². The summed E-state index contributed by atoms with van der Waals surface area (Å²) in [5.41, 5.74) is 3.23. The molecule has 0 unspecified atom stereocenters. The Morgan fingerprint density at radius 1 is 1.04 bits per heavy atom. The molecule has 5 heteroatoms. The van der Waals surface area contributed by atoms with Crippen LogP contribution in [-0.4, -0.2) is 21.2 Å². The van der Waals surface area contributed by atoms with Gasteiger partial charge in [0, 0.05) is 11.1 Å². The molecule has 0 bridgehead atoms. The van der Waals surface area contributed by atoms with E-state index in [0.717, 1.165) is 16.9 Å². The minimum atomic E-state index is 0. The maximum atomic E-state index is 13.1. The van der Waals surface area contributed by atoms with Gasteiger partial charge in [0.05, 0.1) is 32.2 Å². The molecule has 0 aliphatic carbocycles. The van der Waals surface area contributed by atoms with Gasteiger partial charge in [0.25, 0.3) is 0 Å². The number of nitrogens with one attached hydrogen (secondary N) is 1. The van der Waals surface area contributed by atoms with Crippen LogP contribution < -0.4 is 27.5 Å². The minimum absolute atomic E-state index is 0. The van der Waals surface area contributed by atoms with Gasteiger partial charge in [-0.05, 0) is 18.6 Å². The van der Waals surface area contributed by atoms with Gasteiger partial charge in [-0.15, -0.1) is 0 Å². The zero-order chi connectivity index (χ0) is 18.0. The van der Waals surface area contributed by atoms with E-state index in [1.54, 1.807) is 7.11 Å². The van der Waals surface area contributed by atoms with E-state index in [0.29, 0.717) is 35.3 Å². The Bertz CT molecular complexity index is 949. The smallest absolute Gasteiger partial charge is 0.196 e. The lowest BCUT2D eigenvalue weighted by atomic mass is 10.0. The SMILES string of the molecule is CCc1c(-c2ccccc2)oc2c(C[NH+](C)C)c(OC)ccc2c1=O.[Cl-]. The van der Waals surface area contributed by atoms with Crippen LogP contribution in [0.1, 0.15) is 18.1 Å². The highest BCUT2D eigenvalue weighted by molar-refractivity contribution is 5.85. The molecule has 3 rings (SSSR count). The summed E-state index contributed by atoms with van der Waals surface area (Å²) < 4.78 is 11.9. The minimum Gasteiger partial charge on any atom is -1.00 e. The van der Waals surface area contributed by atoms with Crippen LogP contribution in [0.15, 0.2) is 51.7 Å². The average Bonchev–Trinajstić information content (AvgIpc) is 2.62. The van der Waals surface area contributed by atoms with E-state index in [4.69, 9.17) is 9.15 Å². The van der Waals surface area contributed by atoms with Crippen LogP contribution in [0.5, 0.6) is 5.75 Å². The van der Waals surface area contributed by atoms with Crippen LogP contribution in [0.2, 0.25) is 0 Å². The Morgan fingerprint density at radius 3 is 2.31 bits per heavy atom. The van der Waals surface area contributed by atoms with Gasteiger partial charge in [-0.2, -0.15) is 0 Å².